The lowest BCUT2D eigenvalue weighted by atomic mass is 10.0. The third kappa shape index (κ3) is 3.26. The molecule has 1 rings (SSSR count). The van der Waals surface area contributed by atoms with Gasteiger partial charge in [-0.3, -0.25) is 0 Å². The molecular formula is C11H19N3O3. The predicted octanol–water partition coefficient (Wildman–Crippen LogP) is 1.09. The fourth-order valence-corrected chi connectivity index (χ4v) is 1.54. The van der Waals surface area contributed by atoms with Crippen LogP contribution in [0.4, 0.5) is 0 Å². The quantitative estimate of drug-likeness (QED) is 0.778. The molecule has 0 fully saturated rings. The maximum Gasteiger partial charge on any atom is 0.358 e. The molecule has 0 radical (unpaired) electrons. The third-order valence-electron chi connectivity index (χ3n) is 2.78. The second-order valence-corrected chi connectivity index (χ2v) is 4.45. The fourth-order valence-electron chi connectivity index (χ4n) is 1.54. The normalized spacial score (nSPS) is 14.6. The van der Waals surface area contributed by atoms with E-state index < -0.39 is 11.6 Å². The summed E-state index contributed by atoms with van der Waals surface area (Å²) in [6, 6.07) is 0. The standard InChI is InChI=1S/C11H19N3O3/c1-4-6-8-9(10(15)16)12-13-14(8)7-11(3,17)5-2/h17H,4-7H2,1-3H3,(H,15,16). The summed E-state index contributed by atoms with van der Waals surface area (Å²) in [5.41, 5.74) is -0.334. The minimum Gasteiger partial charge on any atom is -0.476 e. The summed E-state index contributed by atoms with van der Waals surface area (Å²) in [5, 5.41) is 26.4. The van der Waals surface area contributed by atoms with Crippen LogP contribution in [0.25, 0.3) is 0 Å². The number of carboxylic acids is 1. The zero-order valence-electron chi connectivity index (χ0n) is 10.5. The average molecular weight is 241 g/mol. The largest absolute Gasteiger partial charge is 0.476 e. The van der Waals surface area contributed by atoms with Gasteiger partial charge in [-0.15, -0.1) is 5.10 Å². The average Bonchev–Trinajstić information content (AvgIpc) is 2.62. The molecule has 0 aliphatic heterocycles. The van der Waals surface area contributed by atoms with Gasteiger partial charge in [0, 0.05) is 0 Å². The highest BCUT2D eigenvalue weighted by Gasteiger charge is 2.24. The van der Waals surface area contributed by atoms with Crippen molar-refractivity contribution >= 4 is 5.97 Å². The Hall–Kier alpha value is -1.43. The molecule has 1 unspecified atom stereocenters. The van der Waals surface area contributed by atoms with Crippen molar-refractivity contribution in [3.63, 3.8) is 0 Å². The lowest BCUT2D eigenvalue weighted by Crippen LogP contribution is -2.31. The Morgan fingerprint density at radius 3 is 2.59 bits per heavy atom. The zero-order chi connectivity index (χ0) is 13.1. The molecule has 0 bridgehead atoms. The van der Waals surface area contributed by atoms with Crippen LogP contribution in [0.1, 0.15) is 49.8 Å². The molecule has 0 spiro atoms. The van der Waals surface area contributed by atoms with Crippen LogP contribution in [-0.2, 0) is 13.0 Å². The summed E-state index contributed by atoms with van der Waals surface area (Å²) in [6.07, 6.45) is 1.97. The van der Waals surface area contributed by atoms with Gasteiger partial charge in [-0.2, -0.15) is 0 Å². The van der Waals surface area contributed by atoms with Gasteiger partial charge in [0.05, 0.1) is 17.8 Å². The number of hydrogen-bond acceptors (Lipinski definition) is 4. The molecule has 17 heavy (non-hydrogen) atoms. The minimum atomic E-state index is -1.07. The molecule has 2 N–H and O–H groups in total. The molecule has 0 aliphatic carbocycles. The Morgan fingerprint density at radius 2 is 2.12 bits per heavy atom. The molecule has 1 aromatic rings. The van der Waals surface area contributed by atoms with Crippen LogP contribution in [0.2, 0.25) is 0 Å². The Bertz CT molecular complexity index is 399. The Labute approximate surface area is 100 Å². The van der Waals surface area contributed by atoms with Crippen molar-refractivity contribution in [2.45, 2.75) is 52.2 Å². The molecule has 0 aliphatic rings. The van der Waals surface area contributed by atoms with Crippen LogP contribution < -0.4 is 0 Å². The van der Waals surface area contributed by atoms with E-state index in [0.717, 1.165) is 6.42 Å². The topological polar surface area (TPSA) is 88.2 Å². The first-order valence-corrected chi connectivity index (χ1v) is 5.79. The molecule has 0 aromatic carbocycles. The fraction of sp³-hybridized carbons (Fsp3) is 0.727. The van der Waals surface area contributed by atoms with Crippen LogP contribution in [0.3, 0.4) is 0 Å². The molecule has 6 nitrogen and oxygen atoms in total. The van der Waals surface area contributed by atoms with Gasteiger partial charge < -0.3 is 10.2 Å². The maximum absolute atomic E-state index is 11.0. The SMILES string of the molecule is CCCc1c(C(=O)O)nnn1CC(C)(O)CC. The van der Waals surface area contributed by atoms with Gasteiger partial charge in [-0.05, 0) is 19.8 Å². The van der Waals surface area contributed by atoms with Gasteiger partial charge in [0.25, 0.3) is 0 Å². The Morgan fingerprint density at radius 1 is 1.47 bits per heavy atom. The number of nitrogens with zero attached hydrogens (tertiary/aromatic N) is 3. The zero-order valence-corrected chi connectivity index (χ0v) is 10.5. The highest BCUT2D eigenvalue weighted by Crippen LogP contribution is 2.15. The molecule has 6 heteroatoms. The van der Waals surface area contributed by atoms with Crippen molar-refractivity contribution in [3.05, 3.63) is 11.4 Å². The second kappa shape index (κ2) is 5.27. The van der Waals surface area contributed by atoms with E-state index in [0.29, 0.717) is 18.5 Å². The van der Waals surface area contributed by atoms with Crippen LogP contribution in [0, 0.1) is 0 Å². The number of aliphatic hydroxyl groups is 1. The van der Waals surface area contributed by atoms with Gasteiger partial charge in [0.15, 0.2) is 5.69 Å². The van der Waals surface area contributed by atoms with E-state index in [1.165, 1.54) is 4.68 Å². The monoisotopic (exact) mass is 241 g/mol. The molecule has 1 heterocycles. The van der Waals surface area contributed by atoms with Gasteiger partial charge in [-0.25, -0.2) is 9.48 Å². The Kier molecular flexibility index (Phi) is 4.22. The number of aromatic nitrogens is 3. The highest BCUT2D eigenvalue weighted by molar-refractivity contribution is 5.86. The van der Waals surface area contributed by atoms with Crippen molar-refractivity contribution in [2.75, 3.05) is 0 Å². The second-order valence-electron chi connectivity index (χ2n) is 4.45. The van der Waals surface area contributed by atoms with E-state index in [2.05, 4.69) is 10.3 Å². The van der Waals surface area contributed by atoms with Crippen LogP contribution in [-0.4, -0.2) is 36.8 Å². The maximum atomic E-state index is 11.0. The lowest BCUT2D eigenvalue weighted by molar-refractivity contribution is 0.0330. The summed E-state index contributed by atoms with van der Waals surface area (Å²) >= 11 is 0. The molecule has 1 aromatic heterocycles. The van der Waals surface area contributed by atoms with Crippen LogP contribution in [0.5, 0.6) is 0 Å². The molecule has 96 valence electrons. The minimum absolute atomic E-state index is 0.0150. The number of aromatic carboxylic acids is 1. The van der Waals surface area contributed by atoms with Gasteiger partial charge in [0.2, 0.25) is 0 Å². The van der Waals surface area contributed by atoms with Crippen molar-refractivity contribution in [1.29, 1.82) is 0 Å². The molecule has 1 atom stereocenters. The van der Waals surface area contributed by atoms with Crippen molar-refractivity contribution in [1.82, 2.24) is 15.0 Å². The predicted molar refractivity (Wildman–Crippen MR) is 61.9 cm³/mol. The molecular weight excluding hydrogens is 222 g/mol. The summed E-state index contributed by atoms with van der Waals surface area (Å²) in [6.45, 7) is 5.79. The van der Waals surface area contributed by atoms with Crippen molar-refractivity contribution in [2.24, 2.45) is 0 Å². The van der Waals surface area contributed by atoms with E-state index >= 15 is 0 Å². The van der Waals surface area contributed by atoms with Gasteiger partial charge in [-0.1, -0.05) is 25.5 Å². The van der Waals surface area contributed by atoms with Gasteiger partial charge in [0.1, 0.15) is 0 Å². The number of carbonyl (C=O) groups is 1. The first-order chi connectivity index (χ1) is 7.91. The summed E-state index contributed by atoms with van der Waals surface area (Å²) in [4.78, 5) is 11.0. The first-order valence-electron chi connectivity index (χ1n) is 5.79. The van der Waals surface area contributed by atoms with Crippen molar-refractivity contribution in [3.8, 4) is 0 Å². The molecule has 0 saturated heterocycles. The lowest BCUT2D eigenvalue weighted by Gasteiger charge is -2.21. The first kappa shape index (κ1) is 13.6. The third-order valence-corrected chi connectivity index (χ3v) is 2.78. The Balaban J connectivity index is 3.03. The summed E-state index contributed by atoms with van der Waals surface area (Å²) < 4.78 is 1.50. The van der Waals surface area contributed by atoms with E-state index in [9.17, 15) is 9.90 Å². The number of carboxylic acid groups (broad SMARTS) is 1. The molecule has 0 amide bonds. The number of rotatable bonds is 6. The van der Waals surface area contributed by atoms with E-state index in [1.807, 2.05) is 13.8 Å². The number of hydrogen-bond donors (Lipinski definition) is 2. The van der Waals surface area contributed by atoms with Crippen LogP contribution >= 0.6 is 0 Å². The smallest absolute Gasteiger partial charge is 0.358 e. The summed E-state index contributed by atoms with van der Waals surface area (Å²) in [7, 11) is 0. The highest BCUT2D eigenvalue weighted by atomic mass is 16.4. The molecule has 0 saturated carbocycles. The van der Waals surface area contributed by atoms with Crippen molar-refractivity contribution < 1.29 is 15.0 Å². The van der Waals surface area contributed by atoms with Crippen LogP contribution in [0.15, 0.2) is 0 Å². The summed E-state index contributed by atoms with van der Waals surface area (Å²) in [5.74, 6) is -1.07. The van der Waals surface area contributed by atoms with E-state index in [1.54, 1.807) is 6.92 Å². The van der Waals surface area contributed by atoms with E-state index in [4.69, 9.17) is 5.11 Å². The van der Waals surface area contributed by atoms with E-state index in [-0.39, 0.29) is 12.2 Å². The van der Waals surface area contributed by atoms with Gasteiger partial charge >= 0.3 is 5.97 Å².